The average molecular weight is 289 g/mol. The molecule has 1 aliphatic rings. The minimum Gasteiger partial charge on any atom is -0.295 e. The highest BCUT2D eigenvalue weighted by Gasteiger charge is 2.14. The number of piperidine rings is 1. The third-order valence-electron chi connectivity index (χ3n) is 3.43. The molecule has 1 saturated heterocycles. The lowest BCUT2D eigenvalue weighted by Gasteiger charge is -2.25. The topological polar surface area (TPSA) is 33.4 Å². The zero-order valence-corrected chi connectivity index (χ0v) is 12.0. The Kier molecular flexibility index (Phi) is 4.02. The summed E-state index contributed by atoms with van der Waals surface area (Å²) in [6.45, 7) is 2.01. The molecule has 0 aliphatic carbocycles. The lowest BCUT2D eigenvalue weighted by atomic mass is 10.2. The molecule has 1 fully saturated rings. The van der Waals surface area contributed by atoms with E-state index in [0.29, 0.717) is 5.02 Å². The third-order valence-corrected chi connectivity index (χ3v) is 3.76. The number of hydrogen-bond acceptors (Lipinski definition) is 3. The number of rotatable bonds is 2. The first-order valence-corrected chi connectivity index (χ1v) is 7.29. The van der Waals surface area contributed by atoms with Crippen LogP contribution < -0.4 is 0 Å². The molecule has 5 heteroatoms. The summed E-state index contributed by atoms with van der Waals surface area (Å²) in [5, 5.41) is 7.63. The van der Waals surface area contributed by atoms with Crippen molar-refractivity contribution in [3.63, 3.8) is 0 Å². The van der Waals surface area contributed by atoms with Crippen LogP contribution in [0.4, 0.5) is 0 Å². The van der Waals surface area contributed by atoms with Crippen molar-refractivity contribution in [1.82, 2.24) is 14.6 Å². The van der Waals surface area contributed by atoms with Crippen molar-refractivity contribution >= 4 is 17.4 Å². The molecule has 0 radical (unpaired) electrons. The van der Waals surface area contributed by atoms with Crippen molar-refractivity contribution < 1.29 is 0 Å². The SMILES string of the molecule is Clc1ccccc1/C(=N/N1CCCCC1)n1ccnc1. The van der Waals surface area contributed by atoms with Crippen LogP contribution in [0.3, 0.4) is 0 Å². The first-order chi connectivity index (χ1) is 9.84. The fourth-order valence-corrected chi connectivity index (χ4v) is 2.60. The van der Waals surface area contributed by atoms with Gasteiger partial charge in [0.1, 0.15) is 6.33 Å². The van der Waals surface area contributed by atoms with E-state index in [9.17, 15) is 0 Å². The number of nitrogens with zero attached hydrogens (tertiary/aromatic N) is 4. The predicted molar refractivity (Wildman–Crippen MR) is 81.0 cm³/mol. The lowest BCUT2D eigenvalue weighted by Crippen LogP contribution is -2.28. The van der Waals surface area contributed by atoms with Gasteiger partial charge in [0.15, 0.2) is 5.84 Å². The van der Waals surface area contributed by atoms with E-state index in [0.717, 1.165) is 24.5 Å². The summed E-state index contributed by atoms with van der Waals surface area (Å²) in [5.74, 6) is 0.829. The number of halogens is 1. The molecule has 0 N–H and O–H groups in total. The van der Waals surface area contributed by atoms with Gasteiger partial charge in [-0.3, -0.25) is 9.58 Å². The van der Waals surface area contributed by atoms with Crippen molar-refractivity contribution in [2.24, 2.45) is 5.10 Å². The van der Waals surface area contributed by atoms with Crippen LogP contribution in [0.2, 0.25) is 5.02 Å². The number of hydrazone groups is 1. The Morgan fingerprint density at radius 2 is 1.95 bits per heavy atom. The van der Waals surface area contributed by atoms with Gasteiger partial charge in [0, 0.05) is 31.0 Å². The molecular weight excluding hydrogens is 272 g/mol. The van der Waals surface area contributed by atoms with E-state index in [2.05, 4.69) is 9.99 Å². The molecule has 2 heterocycles. The first-order valence-electron chi connectivity index (χ1n) is 6.91. The molecular formula is C15H17ClN4. The van der Waals surface area contributed by atoms with Gasteiger partial charge in [-0.2, -0.15) is 5.10 Å². The third kappa shape index (κ3) is 2.85. The van der Waals surface area contributed by atoms with Crippen molar-refractivity contribution in [1.29, 1.82) is 0 Å². The Morgan fingerprint density at radius 3 is 2.65 bits per heavy atom. The minimum atomic E-state index is 0.706. The summed E-state index contributed by atoms with van der Waals surface area (Å²) < 4.78 is 1.91. The number of hydrogen-bond donors (Lipinski definition) is 0. The van der Waals surface area contributed by atoms with Crippen LogP contribution in [-0.2, 0) is 0 Å². The van der Waals surface area contributed by atoms with Gasteiger partial charge in [0.05, 0.1) is 5.02 Å². The first kappa shape index (κ1) is 13.2. The van der Waals surface area contributed by atoms with Crippen LogP contribution in [0.1, 0.15) is 24.8 Å². The van der Waals surface area contributed by atoms with E-state index < -0.39 is 0 Å². The standard InChI is InChI=1S/C15H17ClN4/c16-14-7-3-2-6-13(14)15(19-11-8-17-12-19)18-20-9-4-1-5-10-20/h2-3,6-8,11-12H,1,4-5,9-10H2/b18-15-. The van der Waals surface area contributed by atoms with Crippen LogP contribution in [0.25, 0.3) is 0 Å². The van der Waals surface area contributed by atoms with Gasteiger partial charge in [-0.05, 0) is 31.4 Å². The van der Waals surface area contributed by atoms with Gasteiger partial charge in [-0.1, -0.05) is 23.7 Å². The molecule has 4 nitrogen and oxygen atoms in total. The van der Waals surface area contributed by atoms with Gasteiger partial charge in [0.2, 0.25) is 0 Å². The summed E-state index contributed by atoms with van der Waals surface area (Å²) in [6, 6.07) is 7.78. The molecule has 0 bridgehead atoms. The molecule has 2 aromatic rings. The molecule has 104 valence electrons. The lowest BCUT2D eigenvalue weighted by molar-refractivity contribution is 0.238. The molecule has 0 saturated carbocycles. The van der Waals surface area contributed by atoms with E-state index in [-0.39, 0.29) is 0 Å². The van der Waals surface area contributed by atoms with Crippen molar-refractivity contribution in [3.8, 4) is 0 Å². The zero-order chi connectivity index (χ0) is 13.8. The highest BCUT2D eigenvalue weighted by Crippen LogP contribution is 2.18. The van der Waals surface area contributed by atoms with Crippen molar-refractivity contribution in [2.75, 3.05) is 13.1 Å². The molecule has 3 rings (SSSR count). The summed E-state index contributed by atoms with van der Waals surface area (Å²) in [5.41, 5.74) is 0.928. The fraction of sp³-hybridized carbons (Fsp3) is 0.333. The quantitative estimate of drug-likeness (QED) is 0.628. The van der Waals surface area contributed by atoms with Crippen molar-refractivity contribution in [3.05, 3.63) is 53.6 Å². The smallest absolute Gasteiger partial charge is 0.166 e. The van der Waals surface area contributed by atoms with Crippen LogP contribution in [-0.4, -0.2) is 33.5 Å². The van der Waals surface area contributed by atoms with Crippen LogP contribution in [0.15, 0.2) is 48.1 Å². The molecule has 0 atom stereocenters. The summed E-state index contributed by atoms with van der Waals surface area (Å²) >= 11 is 6.32. The molecule has 1 aromatic heterocycles. The van der Waals surface area contributed by atoms with E-state index in [1.807, 2.05) is 35.0 Å². The zero-order valence-electron chi connectivity index (χ0n) is 11.2. The number of imidazole rings is 1. The molecule has 0 amide bonds. The van der Waals surface area contributed by atoms with Gasteiger partial charge in [-0.15, -0.1) is 0 Å². The average Bonchev–Trinajstić information content (AvgIpc) is 3.01. The second-order valence-corrected chi connectivity index (χ2v) is 5.29. The molecule has 1 aliphatic heterocycles. The van der Waals surface area contributed by atoms with Gasteiger partial charge >= 0.3 is 0 Å². The Labute approximate surface area is 123 Å². The molecule has 20 heavy (non-hydrogen) atoms. The Hall–Kier alpha value is -1.81. The summed E-state index contributed by atoms with van der Waals surface area (Å²) in [6.07, 6.45) is 9.09. The number of aromatic nitrogens is 2. The van der Waals surface area contributed by atoms with Crippen LogP contribution in [0.5, 0.6) is 0 Å². The Balaban J connectivity index is 2.00. The van der Waals surface area contributed by atoms with Gasteiger partial charge in [0.25, 0.3) is 0 Å². The van der Waals surface area contributed by atoms with Crippen LogP contribution in [0, 0.1) is 0 Å². The highest BCUT2D eigenvalue weighted by molar-refractivity contribution is 6.34. The Bertz CT molecular complexity index is 586. The molecule has 1 aromatic carbocycles. The van der Waals surface area contributed by atoms with E-state index in [4.69, 9.17) is 16.7 Å². The van der Waals surface area contributed by atoms with E-state index in [1.165, 1.54) is 19.3 Å². The highest BCUT2D eigenvalue weighted by atomic mass is 35.5. The minimum absolute atomic E-state index is 0.706. The molecule has 0 unspecified atom stereocenters. The van der Waals surface area contributed by atoms with Crippen molar-refractivity contribution in [2.45, 2.75) is 19.3 Å². The largest absolute Gasteiger partial charge is 0.295 e. The summed E-state index contributed by atoms with van der Waals surface area (Å²) in [7, 11) is 0. The van der Waals surface area contributed by atoms with Gasteiger partial charge in [-0.25, -0.2) is 4.98 Å². The monoisotopic (exact) mass is 288 g/mol. The fourth-order valence-electron chi connectivity index (χ4n) is 2.38. The van der Waals surface area contributed by atoms with E-state index >= 15 is 0 Å². The maximum absolute atomic E-state index is 6.32. The second kappa shape index (κ2) is 6.09. The molecule has 0 spiro atoms. The normalized spacial score (nSPS) is 16.4. The maximum Gasteiger partial charge on any atom is 0.166 e. The predicted octanol–water partition coefficient (Wildman–Crippen LogP) is 3.23. The number of benzene rings is 1. The van der Waals surface area contributed by atoms with Gasteiger partial charge < -0.3 is 0 Å². The second-order valence-electron chi connectivity index (χ2n) is 4.89. The Morgan fingerprint density at radius 1 is 1.15 bits per heavy atom. The van der Waals surface area contributed by atoms with Crippen LogP contribution >= 0.6 is 11.6 Å². The maximum atomic E-state index is 6.32. The van der Waals surface area contributed by atoms with E-state index in [1.54, 1.807) is 12.5 Å². The summed E-state index contributed by atoms with van der Waals surface area (Å²) in [4.78, 5) is 4.11.